The predicted molar refractivity (Wildman–Crippen MR) is 99.1 cm³/mol. The molecule has 1 heterocycles. The Labute approximate surface area is 149 Å². The molecule has 0 aliphatic rings. The zero-order valence-electron chi connectivity index (χ0n) is 14.9. The smallest absolute Gasteiger partial charge is 0.225 e. The molecule has 1 N–H and O–H groups in total. The molecular weight excluding hydrogens is 312 g/mol. The first kappa shape index (κ1) is 18.7. The fourth-order valence-electron chi connectivity index (χ4n) is 2.76. The number of anilines is 1. The fourth-order valence-corrected chi connectivity index (χ4v) is 2.76. The molecule has 0 radical (unpaired) electrons. The van der Waals surface area contributed by atoms with E-state index >= 15 is 0 Å². The summed E-state index contributed by atoms with van der Waals surface area (Å²) in [6, 6.07) is 12.0. The lowest BCUT2D eigenvalue weighted by Crippen LogP contribution is -2.15. The Morgan fingerprint density at radius 2 is 1.88 bits per heavy atom. The van der Waals surface area contributed by atoms with Gasteiger partial charge in [0.2, 0.25) is 5.91 Å². The van der Waals surface area contributed by atoms with Crippen LogP contribution in [-0.4, -0.2) is 15.5 Å². The second-order valence-electron chi connectivity index (χ2n) is 6.23. The van der Waals surface area contributed by atoms with Crippen molar-refractivity contribution < 1.29 is 4.79 Å². The number of nitrogens with one attached hydrogen (secondary N) is 1. The summed E-state index contributed by atoms with van der Waals surface area (Å²) in [5, 5.41) is 12.1. The zero-order chi connectivity index (χ0) is 17.9. The van der Waals surface area contributed by atoms with Gasteiger partial charge < -0.3 is 9.88 Å². The van der Waals surface area contributed by atoms with Crippen molar-refractivity contribution >= 4 is 11.7 Å². The van der Waals surface area contributed by atoms with Crippen LogP contribution < -0.4 is 5.32 Å². The Morgan fingerprint density at radius 1 is 1.16 bits per heavy atom. The van der Waals surface area contributed by atoms with Crippen LogP contribution in [0.25, 0.3) is 0 Å². The van der Waals surface area contributed by atoms with Crippen LogP contribution in [0.5, 0.6) is 0 Å². The highest BCUT2D eigenvalue weighted by molar-refractivity contribution is 5.90. The third-order valence-electron chi connectivity index (χ3n) is 4.15. The molecule has 132 valence electrons. The van der Waals surface area contributed by atoms with Crippen molar-refractivity contribution in [2.45, 2.75) is 58.4 Å². The van der Waals surface area contributed by atoms with Crippen LogP contribution in [0.4, 0.5) is 5.82 Å². The van der Waals surface area contributed by atoms with E-state index in [0.717, 1.165) is 18.4 Å². The number of nitriles is 1. The average Bonchev–Trinajstić information content (AvgIpc) is 3.00. The first-order chi connectivity index (χ1) is 12.2. The lowest BCUT2D eigenvalue weighted by atomic mass is 10.1. The Bertz CT molecular complexity index is 700. The first-order valence-electron chi connectivity index (χ1n) is 9.03. The van der Waals surface area contributed by atoms with Gasteiger partial charge in [0.05, 0.1) is 12.9 Å². The second kappa shape index (κ2) is 10.3. The molecule has 1 amide bonds. The number of aromatic nitrogens is 2. The van der Waals surface area contributed by atoms with Gasteiger partial charge in [-0.15, -0.1) is 0 Å². The number of hydrogen-bond donors (Lipinski definition) is 1. The number of unbranched alkanes of at least 4 members (excludes halogenated alkanes) is 5. The predicted octanol–water partition coefficient (Wildman–Crippen LogP) is 4.49. The Kier molecular flexibility index (Phi) is 7.71. The number of carbonyl (C=O) groups excluding carboxylic acids is 1. The lowest BCUT2D eigenvalue weighted by Gasteiger charge is -2.10. The van der Waals surface area contributed by atoms with E-state index in [-0.39, 0.29) is 11.6 Å². The molecule has 2 aromatic rings. The van der Waals surface area contributed by atoms with Crippen molar-refractivity contribution in [1.82, 2.24) is 9.55 Å². The largest absolute Gasteiger partial charge is 0.312 e. The van der Waals surface area contributed by atoms with Gasteiger partial charge in [-0.1, -0.05) is 69.4 Å². The molecule has 0 saturated heterocycles. The van der Waals surface area contributed by atoms with Gasteiger partial charge in [0, 0.05) is 6.42 Å². The van der Waals surface area contributed by atoms with Gasteiger partial charge >= 0.3 is 0 Å². The third-order valence-corrected chi connectivity index (χ3v) is 4.15. The molecule has 5 nitrogen and oxygen atoms in total. The first-order valence-corrected chi connectivity index (χ1v) is 9.03. The van der Waals surface area contributed by atoms with E-state index in [4.69, 9.17) is 0 Å². The monoisotopic (exact) mass is 338 g/mol. The summed E-state index contributed by atoms with van der Waals surface area (Å²) in [5.41, 5.74) is 1.35. The Hall–Kier alpha value is -2.61. The highest BCUT2D eigenvalue weighted by Crippen LogP contribution is 2.17. The highest BCUT2D eigenvalue weighted by atomic mass is 16.1. The van der Waals surface area contributed by atoms with Crippen LogP contribution in [0, 0.1) is 11.3 Å². The lowest BCUT2D eigenvalue weighted by molar-refractivity contribution is -0.116. The second-order valence-corrected chi connectivity index (χ2v) is 6.23. The third kappa shape index (κ3) is 6.07. The van der Waals surface area contributed by atoms with Gasteiger partial charge in [0.25, 0.3) is 0 Å². The molecule has 0 bridgehead atoms. The van der Waals surface area contributed by atoms with Crippen LogP contribution in [0.2, 0.25) is 0 Å². The molecule has 0 aliphatic heterocycles. The summed E-state index contributed by atoms with van der Waals surface area (Å²) >= 11 is 0. The number of carbonyl (C=O) groups is 1. The summed E-state index contributed by atoms with van der Waals surface area (Å²) in [7, 11) is 0. The fraction of sp³-hybridized carbons (Fsp3) is 0.450. The summed E-state index contributed by atoms with van der Waals surface area (Å²) in [5.74, 6) is 0.434. The normalized spacial score (nSPS) is 10.4. The summed E-state index contributed by atoms with van der Waals surface area (Å²) in [6.07, 6.45) is 8.93. The Morgan fingerprint density at radius 3 is 2.60 bits per heavy atom. The topological polar surface area (TPSA) is 70.7 Å². The summed E-state index contributed by atoms with van der Waals surface area (Å²) < 4.78 is 1.81. The molecule has 0 fully saturated rings. The molecule has 5 heteroatoms. The van der Waals surface area contributed by atoms with Gasteiger partial charge in [-0.05, 0) is 12.0 Å². The van der Waals surface area contributed by atoms with Gasteiger partial charge in [0.1, 0.15) is 6.07 Å². The quantitative estimate of drug-likeness (QED) is 0.649. The van der Waals surface area contributed by atoms with Crippen LogP contribution >= 0.6 is 0 Å². The molecule has 0 saturated carbocycles. The molecule has 0 unspecified atom stereocenters. The number of nitrogens with zero attached hydrogens (tertiary/aromatic N) is 3. The standard InChI is InChI=1S/C20H26N4O/c1-2-3-4-5-6-10-13-19(25)23-20-18(14-21)22-16-24(20)15-17-11-8-7-9-12-17/h7-9,11-12,16H,2-6,10,13,15H2,1H3,(H,23,25). The van der Waals surface area contributed by atoms with Crippen LogP contribution in [-0.2, 0) is 11.3 Å². The van der Waals surface area contributed by atoms with Crippen molar-refractivity contribution in [2.24, 2.45) is 0 Å². The van der Waals surface area contributed by atoms with Crippen LogP contribution in [0.15, 0.2) is 36.7 Å². The molecule has 0 aliphatic carbocycles. The van der Waals surface area contributed by atoms with Crippen LogP contribution in [0.3, 0.4) is 0 Å². The van der Waals surface area contributed by atoms with E-state index in [0.29, 0.717) is 18.8 Å². The minimum absolute atomic E-state index is 0.0539. The molecule has 1 aromatic heterocycles. The minimum Gasteiger partial charge on any atom is -0.312 e. The van der Waals surface area contributed by atoms with Crippen LogP contribution in [0.1, 0.15) is 63.1 Å². The molecule has 2 rings (SSSR count). The highest BCUT2D eigenvalue weighted by Gasteiger charge is 2.14. The number of benzene rings is 1. The summed E-state index contributed by atoms with van der Waals surface area (Å²) in [4.78, 5) is 16.3. The maximum absolute atomic E-state index is 12.2. The van der Waals surface area contributed by atoms with E-state index in [2.05, 4.69) is 23.3 Å². The van der Waals surface area contributed by atoms with Gasteiger partial charge in [-0.25, -0.2) is 4.98 Å². The van der Waals surface area contributed by atoms with E-state index in [1.54, 1.807) is 6.33 Å². The zero-order valence-corrected chi connectivity index (χ0v) is 14.9. The SMILES string of the molecule is CCCCCCCCC(=O)Nc1c(C#N)ncn1Cc1ccccc1. The molecule has 25 heavy (non-hydrogen) atoms. The number of rotatable bonds is 10. The summed E-state index contributed by atoms with van der Waals surface area (Å²) in [6.45, 7) is 2.76. The van der Waals surface area contributed by atoms with E-state index in [1.165, 1.54) is 25.7 Å². The Balaban J connectivity index is 1.90. The number of imidazole rings is 1. The molecule has 0 spiro atoms. The maximum Gasteiger partial charge on any atom is 0.225 e. The minimum atomic E-state index is -0.0539. The van der Waals surface area contributed by atoms with Crippen molar-refractivity contribution in [3.63, 3.8) is 0 Å². The van der Waals surface area contributed by atoms with Gasteiger partial charge in [-0.2, -0.15) is 5.26 Å². The molecule has 0 atom stereocenters. The maximum atomic E-state index is 12.2. The van der Waals surface area contributed by atoms with Crippen molar-refractivity contribution in [3.8, 4) is 6.07 Å². The van der Waals surface area contributed by atoms with Crippen molar-refractivity contribution in [3.05, 3.63) is 47.9 Å². The molecular formula is C20H26N4O. The number of amides is 1. The van der Waals surface area contributed by atoms with E-state index in [1.807, 2.05) is 34.9 Å². The number of hydrogen-bond acceptors (Lipinski definition) is 3. The van der Waals surface area contributed by atoms with Gasteiger partial charge in [0.15, 0.2) is 11.5 Å². The van der Waals surface area contributed by atoms with Crippen molar-refractivity contribution in [1.29, 1.82) is 5.26 Å². The van der Waals surface area contributed by atoms with Crippen molar-refractivity contribution in [2.75, 3.05) is 5.32 Å². The van der Waals surface area contributed by atoms with E-state index in [9.17, 15) is 10.1 Å². The average molecular weight is 338 g/mol. The van der Waals surface area contributed by atoms with E-state index < -0.39 is 0 Å². The van der Waals surface area contributed by atoms with Gasteiger partial charge in [-0.3, -0.25) is 4.79 Å². The molecule has 1 aromatic carbocycles.